The van der Waals surface area contributed by atoms with Gasteiger partial charge < -0.3 is 0 Å². The SMILES string of the molecule is CCc1nn(C)c(CC(=O)c2ccc(Br)cc2)c1Br. The first-order valence-electron chi connectivity index (χ1n) is 6.02. The monoisotopic (exact) mass is 384 g/mol. The maximum absolute atomic E-state index is 12.3. The van der Waals surface area contributed by atoms with Gasteiger partial charge in [-0.05, 0) is 34.5 Å². The largest absolute Gasteiger partial charge is 0.294 e. The topological polar surface area (TPSA) is 34.9 Å². The normalized spacial score (nSPS) is 10.7. The van der Waals surface area contributed by atoms with Gasteiger partial charge in [0.25, 0.3) is 0 Å². The van der Waals surface area contributed by atoms with E-state index in [-0.39, 0.29) is 5.78 Å². The summed E-state index contributed by atoms with van der Waals surface area (Å²) >= 11 is 6.90. The Kier molecular flexibility index (Phi) is 4.58. The van der Waals surface area contributed by atoms with Crippen molar-refractivity contribution in [2.45, 2.75) is 19.8 Å². The van der Waals surface area contributed by atoms with Gasteiger partial charge in [0.15, 0.2) is 5.78 Å². The van der Waals surface area contributed by atoms with Gasteiger partial charge in [-0.15, -0.1) is 0 Å². The molecule has 5 heteroatoms. The van der Waals surface area contributed by atoms with Crippen molar-refractivity contribution in [2.75, 3.05) is 0 Å². The van der Waals surface area contributed by atoms with E-state index in [2.05, 4.69) is 37.0 Å². The summed E-state index contributed by atoms with van der Waals surface area (Å²) in [5, 5.41) is 4.40. The lowest BCUT2D eigenvalue weighted by molar-refractivity contribution is 0.0990. The summed E-state index contributed by atoms with van der Waals surface area (Å²) in [6, 6.07) is 7.42. The minimum absolute atomic E-state index is 0.0962. The summed E-state index contributed by atoms with van der Waals surface area (Å²) in [7, 11) is 1.87. The number of ketones is 1. The zero-order valence-electron chi connectivity index (χ0n) is 10.8. The summed E-state index contributed by atoms with van der Waals surface area (Å²) in [5.74, 6) is 0.0962. The second kappa shape index (κ2) is 6.01. The van der Waals surface area contributed by atoms with Crippen LogP contribution in [0.2, 0.25) is 0 Å². The Bertz CT molecular complexity index is 603. The molecule has 0 N–H and O–H groups in total. The molecule has 0 atom stereocenters. The van der Waals surface area contributed by atoms with E-state index in [1.165, 1.54) is 0 Å². The number of carbonyl (C=O) groups excluding carboxylic acids is 1. The number of aryl methyl sites for hydroxylation is 2. The highest BCUT2D eigenvalue weighted by Gasteiger charge is 2.16. The van der Waals surface area contributed by atoms with Crippen molar-refractivity contribution in [3.8, 4) is 0 Å². The standard InChI is InChI=1S/C14H14Br2N2O/c1-3-11-14(16)12(18(2)17-11)8-13(19)9-4-6-10(15)7-5-9/h4-7H,3,8H2,1-2H3. The van der Waals surface area contributed by atoms with Crippen LogP contribution in [-0.4, -0.2) is 15.6 Å². The molecule has 100 valence electrons. The molecule has 0 unspecified atom stereocenters. The molecule has 19 heavy (non-hydrogen) atoms. The van der Waals surface area contributed by atoms with Crippen LogP contribution >= 0.6 is 31.9 Å². The van der Waals surface area contributed by atoms with Gasteiger partial charge >= 0.3 is 0 Å². The van der Waals surface area contributed by atoms with Crippen LogP contribution in [0.5, 0.6) is 0 Å². The van der Waals surface area contributed by atoms with Crippen molar-refractivity contribution in [3.05, 3.63) is 50.2 Å². The fourth-order valence-electron chi connectivity index (χ4n) is 1.90. The van der Waals surface area contributed by atoms with Crippen LogP contribution in [0.1, 0.15) is 28.7 Å². The lowest BCUT2D eigenvalue weighted by atomic mass is 10.1. The van der Waals surface area contributed by atoms with Crippen LogP contribution in [-0.2, 0) is 19.9 Å². The average molecular weight is 386 g/mol. The van der Waals surface area contributed by atoms with Crippen molar-refractivity contribution >= 4 is 37.6 Å². The summed E-state index contributed by atoms with van der Waals surface area (Å²) < 4.78 is 3.70. The van der Waals surface area contributed by atoms with Crippen LogP contribution in [0.3, 0.4) is 0 Å². The zero-order chi connectivity index (χ0) is 14.0. The summed E-state index contributed by atoms with van der Waals surface area (Å²) in [6.07, 6.45) is 1.20. The van der Waals surface area contributed by atoms with Gasteiger partial charge in [0.2, 0.25) is 0 Å². The second-order valence-corrected chi connectivity index (χ2v) is 6.00. The molecule has 0 saturated heterocycles. The van der Waals surface area contributed by atoms with Crippen LogP contribution in [0.4, 0.5) is 0 Å². The molecular weight excluding hydrogens is 372 g/mol. The number of benzene rings is 1. The Morgan fingerprint density at radius 3 is 2.42 bits per heavy atom. The molecule has 3 nitrogen and oxygen atoms in total. The number of nitrogens with zero attached hydrogens (tertiary/aromatic N) is 2. The van der Waals surface area contributed by atoms with Gasteiger partial charge in [-0.1, -0.05) is 35.0 Å². The molecule has 0 spiro atoms. The van der Waals surface area contributed by atoms with Crippen LogP contribution in [0.15, 0.2) is 33.2 Å². The highest BCUT2D eigenvalue weighted by Crippen LogP contribution is 2.23. The van der Waals surface area contributed by atoms with E-state index in [4.69, 9.17) is 0 Å². The third-order valence-electron chi connectivity index (χ3n) is 3.00. The molecule has 1 aromatic carbocycles. The first kappa shape index (κ1) is 14.5. The quantitative estimate of drug-likeness (QED) is 0.747. The molecule has 0 saturated carbocycles. The Balaban J connectivity index is 2.24. The van der Waals surface area contributed by atoms with Crippen molar-refractivity contribution in [2.24, 2.45) is 7.05 Å². The Hall–Kier alpha value is -0.940. The van der Waals surface area contributed by atoms with Gasteiger partial charge in [-0.2, -0.15) is 5.10 Å². The molecule has 1 heterocycles. The maximum atomic E-state index is 12.3. The van der Waals surface area contributed by atoms with Crippen molar-refractivity contribution in [1.29, 1.82) is 0 Å². The van der Waals surface area contributed by atoms with Crippen molar-refractivity contribution < 1.29 is 4.79 Å². The van der Waals surface area contributed by atoms with Gasteiger partial charge in [-0.25, -0.2) is 0 Å². The average Bonchev–Trinajstić information content (AvgIpc) is 2.67. The molecule has 0 fully saturated rings. The van der Waals surface area contributed by atoms with Gasteiger partial charge in [0, 0.05) is 17.1 Å². The fourth-order valence-corrected chi connectivity index (χ4v) is 2.92. The predicted octanol–water partition coefficient (Wildman–Crippen LogP) is 3.93. The smallest absolute Gasteiger partial charge is 0.168 e. The highest BCUT2D eigenvalue weighted by atomic mass is 79.9. The predicted molar refractivity (Wildman–Crippen MR) is 82.5 cm³/mol. The summed E-state index contributed by atoms with van der Waals surface area (Å²) in [6.45, 7) is 2.05. The number of Topliss-reactive ketones (excluding diaryl/α,β-unsaturated/α-hetero) is 1. The third kappa shape index (κ3) is 3.15. The Morgan fingerprint density at radius 1 is 1.26 bits per heavy atom. The van der Waals surface area contributed by atoms with Gasteiger partial charge in [0.05, 0.1) is 22.3 Å². The lowest BCUT2D eigenvalue weighted by Crippen LogP contribution is -2.08. The van der Waals surface area contributed by atoms with Crippen LogP contribution in [0.25, 0.3) is 0 Å². The van der Waals surface area contributed by atoms with E-state index in [1.807, 2.05) is 38.2 Å². The van der Waals surface area contributed by atoms with Gasteiger partial charge in [-0.3, -0.25) is 9.48 Å². The molecule has 0 bridgehead atoms. The molecule has 0 aliphatic rings. The van der Waals surface area contributed by atoms with Crippen molar-refractivity contribution in [3.63, 3.8) is 0 Å². The summed E-state index contributed by atoms with van der Waals surface area (Å²) in [5.41, 5.74) is 2.63. The van der Waals surface area contributed by atoms with E-state index < -0.39 is 0 Å². The van der Waals surface area contributed by atoms with E-state index >= 15 is 0 Å². The first-order chi connectivity index (χ1) is 9.02. The van der Waals surface area contributed by atoms with Crippen LogP contribution in [0, 0.1) is 0 Å². The number of rotatable bonds is 4. The van der Waals surface area contributed by atoms with E-state index in [0.29, 0.717) is 12.0 Å². The highest BCUT2D eigenvalue weighted by molar-refractivity contribution is 9.10. The minimum Gasteiger partial charge on any atom is -0.294 e. The number of carbonyl (C=O) groups is 1. The maximum Gasteiger partial charge on any atom is 0.168 e. The fraction of sp³-hybridized carbons (Fsp3) is 0.286. The molecule has 0 amide bonds. The molecule has 0 aliphatic heterocycles. The molecule has 2 rings (SSSR count). The van der Waals surface area contributed by atoms with E-state index in [9.17, 15) is 4.79 Å². The van der Waals surface area contributed by atoms with Crippen LogP contribution < -0.4 is 0 Å². The van der Waals surface area contributed by atoms with E-state index in [0.717, 1.165) is 26.8 Å². The molecule has 2 aromatic rings. The second-order valence-electron chi connectivity index (χ2n) is 4.29. The number of halogens is 2. The molecule has 1 aromatic heterocycles. The first-order valence-corrected chi connectivity index (χ1v) is 7.60. The third-order valence-corrected chi connectivity index (χ3v) is 4.44. The van der Waals surface area contributed by atoms with Gasteiger partial charge in [0.1, 0.15) is 0 Å². The number of aromatic nitrogens is 2. The Morgan fingerprint density at radius 2 is 1.89 bits per heavy atom. The number of hydrogen-bond donors (Lipinski definition) is 0. The molecule has 0 radical (unpaired) electrons. The number of hydrogen-bond acceptors (Lipinski definition) is 2. The Labute approximate surface area is 129 Å². The summed E-state index contributed by atoms with van der Waals surface area (Å²) in [4.78, 5) is 12.3. The zero-order valence-corrected chi connectivity index (χ0v) is 14.0. The molecule has 0 aliphatic carbocycles. The molecular formula is C14H14Br2N2O. The minimum atomic E-state index is 0.0962. The lowest BCUT2D eigenvalue weighted by Gasteiger charge is -2.03. The van der Waals surface area contributed by atoms with Crippen molar-refractivity contribution in [1.82, 2.24) is 9.78 Å². The van der Waals surface area contributed by atoms with E-state index in [1.54, 1.807) is 4.68 Å².